The average Bonchev–Trinajstić information content (AvgIpc) is 3.16. The largest absolute Gasteiger partial charge is 0.573 e. The molecule has 1 aliphatic rings. The van der Waals surface area contributed by atoms with E-state index < -0.39 is 82.1 Å². The van der Waals surface area contributed by atoms with Crippen molar-refractivity contribution in [2.75, 3.05) is 0 Å². The van der Waals surface area contributed by atoms with E-state index in [0.717, 1.165) is 0 Å². The van der Waals surface area contributed by atoms with E-state index in [4.69, 9.17) is 11.6 Å². The third-order valence-corrected chi connectivity index (χ3v) is 5.31. The van der Waals surface area contributed by atoms with E-state index in [1.165, 1.54) is 13.8 Å². The molecule has 1 saturated carbocycles. The third-order valence-electron chi connectivity index (χ3n) is 4.95. The van der Waals surface area contributed by atoms with Crippen LogP contribution in [-0.2, 0) is 16.1 Å². The number of allylic oxidation sites excluding steroid dienone is 2. The molecule has 1 aromatic carbocycles. The van der Waals surface area contributed by atoms with Gasteiger partial charge in [-0.2, -0.15) is 22.0 Å². The van der Waals surface area contributed by atoms with Crippen molar-refractivity contribution >= 4 is 17.6 Å². The number of ether oxygens (including phenoxy) is 2. The maximum absolute atomic E-state index is 14.1. The Labute approximate surface area is 183 Å². The van der Waals surface area contributed by atoms with Crippen LogP contribution in [0.1, 0.15) is 19.4 Å². The Balaban J connectivity index is 2.20. The molecular weight excluding hydrogens is 509 g/mol. The minimum absolute atomic E-state index is 0.154. The Bertz CT molecular complexity index is 967. The Morgan fingerprint density at radius 2 is 1.61 bits per heavy atom. The second-order valence-corrected chi connectivity index (χ2v) is 7.94. The number of alkyl halides is 8. The van der Waals surface area contributed by atoms with Gasteiger partial charge in [-0.1, -0.05) is 31.5 Å². The van der Waals surface area contributed by atoms with Crippen molar-refractivity contribution in [1.29, 1.82) is 0 Å². The van der Waals surface area contributed by atoms with Gasteiger partial charge in [-0.05, 0) is 11.3 Å². The maximum Gasteiger partial charge on any atom is 0.573 e. The molecule has 0 bridgehead atoms. The quantitative estimate of drug-likeness (QED) is 0.312. The minimum atomic E-state index is -6.01. The number of carbonyl (C=O) groups is 1. The van der Waals surface area contributed by atoms with Crippen LogP contribution in [0.5, 0.6) is 5.75 Å². The van der Waals surface area contributed by atoms with Crippen LogP contribution in [0.15, 0.2) is 17.2 Å². The van der Waals surface area contributed by atoms with Crippen molar-refractivity contribution in [2.45, 2.75) is 38.9 Å². The molecular formula is C18H12ClF11O3. The first kappa shape index (κ1) is 27.0. The van der Waals surface area contributed by atoms with Crippen LogP contribution in [0.2, 0.25) is 0 Å². The second-order valence-electron chi connectivity index (χ2n) is 7.53. The standard InChI is InChI=1S/C18H12ClF11O3/c1-15(2)7(3-10(19)16(23,24)17(25,26)27)11(15)14(31)32-5-6-8(20)4-9(21)13(12(6)22)33-18(28,29)30/h3-4,7,11H,5H2,1-2H3. The molecule has 0 saturated heterocycles. The van der Waals surface area contributed by atoms with Gasteiger partial charge in [0.05, 0.1) is 16.5 Å². The number of carbonyl (C=O) groups excluding carboxylic acids is 1. The molecule has 0 aromatic heterocycles. The summed E-state index contributed by atoms with van der Waals surface area (Å²) in [4.78, 5) is 12.2. The predicted molar refractivity (Wildman–Crippen MR) is 88.5 cm³/mol. The summed E-state index contributed by atoms with van der Waals surface area (Å²) in [6.07, 6.45) is -11.2. The van der Waals surface area contributed by atoms with Crippen LogP contribution < -0.4 is 4.74 Å². The molecule has 1 fully saturated rings. The number of benzene rings is 1. The second kappa shape index (κ2) is 8.51. The van der Waals surface area contributed by atoms with E-state index in [2.05, 4.69) is 9.47 Å². The molecule has 186 valence electrons. The highest BCUT2D eigenvalue weighted by Crippen LogP contribution is 2.61. The van der Waals surface area contributed by atoms with E-state index in [9.17, 15) is 53.1 Å². The zero-order valence-corrected chi connectivity index (χ0v) is 17.0. The fourth-order valence-electron chi connectivity index (χ4n) is 3.02. The van der Waals surface area contributed by atoms with Crippen molar-refractivity contribution in [3.8, 4) is 5.75 Å². The summed E-state index contributed by atoms with van der Waals surface area (Å²) >= 11 is 5.09. The van der Waals surface area contributed by atoms with Gasteiger partial charge in [-0.15, -0.1) is 13.2 Å². The Hall–Kier alpha value is -2.25. The maximum atomic E-state index is 14.1. The number of esters is 1. The third kappa shape index (κ3) is 5.46. The van der Waals surface area contributed by atoms with Crippen molar-refractivity contribution in [2.24, 2.45) is 17.3 Å². The SMILES string of the molecule is CC1(C)C(C=C(Cl)C(F)(F)C(F)(F)F)C1C(=O)OCc1c(F)cc(F)c(OC(F)(F)F)c1F. The summed E-state index contributed by atoms with van der Waals surface area (Å²) in [6.45, 7) is 1.18. The molecule has 0 amide bonds. The fraction of sp³-hybridized carbons (Fsp3) is 0.500. The predicted octanol–water partition coefficient (Wildman–Crippen LogP) is 6.64. The summed E-state index contributed by atoms with van der Waals surface area (Å²) < 4.78 is 150. The number of halogens is 12. The Kier molecular flexibility index (Phi) is 6.96. The first-order valence-electron chi connectivity index (χ1n) is 8.63. The van der Waals surface area contributed by atoms with E-state index in [1.807, 2.05) is 0 Å². The van der Waals surface area contributed by atoms with Gasteiger partial charge in [0, 0.05) is 6.07 Å². The summed E-state index contributed by atoms with van der Waals surface area (Å²) in [7, 11) is 0. The molecule has 0 radical (unpaired) electrons. The lowest BCUT2D eigenvalue weighted by Crippen LogP contribution is -2.36. The molecule has 2 unspecified atom stereocenters. The molecule has 0 aliphatic heterocycles. The molecule has 2 rings (SSSR count). The van der Waals surface area contributed by atoms with Crippen LogP contribution in [0.25, 0.3) is 0 Å². The molecule has 3 nitrogen and oxygen atoms in total. The number of rotatable bonds is 6. The van der Waals surface area contributed by atoms with Crippen LogP contribution >= 0.6 is 11.6 Å². The van der Waals surface area contributed by atoms with Gasteiger partial charge < -0.3 is 9.47 Å². The van der Waals surface area contributed by atoms with Crippen molar-refractivity contribution < 1.29 is 62.6 Å². The first-order chi connectivity index (χ1) is 14.7. The van der Waals surface area contributed by atoms with Crippen LogP contribution in [-0.4, -0.2) is 24.4 Å². The molecule has 1 aromatic rings. The highest BCUT2D eigenvalue weighted by molar-refractivity contribution is 6.30. The van der Waals surface area contributed by atoms with E-state index in [1.54, 1.807) is 0 Å². The van der Waals surface area contributed by atoms with Gasteiger partial charge in [-0.3, -0.25) is 4.79 Å². The van der Waals surface area contributed by atoms with Gasteiger partial charge in [-0.25, -0.2) is 13.2 Å². The van der Waals surface area contributed by atoms with Gasteiger partial charge in [0.15, 0.2) is 11.6 Å². The molecule has 1 aliphatic carbocycles. The number of hydrogen-bond acceptors (Lipinski definition) is 3. The molecule has 0 N–H and O–H groups in total. The summed E-state index contributed by atoms with van der Waals surface area (Å²) in [5.41, 5.74) is -2.58. The first-order valence-corrected chi connectivity index (χ1v) is 9.00. The molecule has 2 atom stereocenters. The zero-order chi connectivity index (χ0) is 25.7. The normalized spacial score (nSPS) is 21.1. The molecule has 33 heavy (non-hydrogen) atoms. The fourth-order valence-corrected chi connectivity index (χ4v) is 3.26. The molecule has 0 heterocycles. The van der Waals surface area contributed by atoms with Crippen molar-refractivity contribution in [3.63, 3.8) is 0 Å². The molecule has 15 heteroatoms. The molecule has 0 spiro atoms. The highest BCUT2D eigenvalue weighted by Gasteiger charge is 2.65. The lowest BCUT2D eigenvalue weighted by atomic mass is 10.1. The zero-order valence-electron chi connectivity index (χ0n) is 16.3. The van der Waals surface area contributed by atoms with Crippen LogP contribution in [0, 0.1) is 34.7 Å². The summed E-state index contributed by atoms with van der Waals surface area (Å²) in [5.74, 6) is -17.3. The van der Waals surface area contributed by atoms with Crippen molar-refractivity contribution in [3.05, 3.63) is 40.2 Å². The highest BCUT2D eigenvalue weighted by atomic mass is 35.5. The van der Waals surface area contributed by atoms with Crippen molar-refractivity contribution in [1.82, 2.24) is 0 Å². The van der Waals surface area contributed by atoms with E-state index in [0.29, 0.717) is 6.08 Å². The van der Waals surface area contributed by atoms with Gasteiger partial charge in [0.2, 0.25) is 5.75 Å². The van der Waals surface area contributed by atoms with Gasteiger partial charge >= 0.3 is 24.4 Å². The van der Waals surface area contributed by atoms with E-state index >= 15 is 0 Å². The van der Waals surface area contributed by atoms with Crippen LogP contribution in [0.3, 0.4) is 0 Å². The van der Waals surface area contributed by atoms with Gasteiger partial charge in [0.1, 0.15) is 12.4 Å². The average molecular weight is 521 g/mol. The van der Waals surface area contributed by atoms with E-state index in [-0.39, 0.29) is 6.07 Å². The number of hydrogen-bond donors (Lipinski definition) is 0. The summed E-state index contributed by atoms with van der Waals surface area (Å²) in [6, 6.07) is -0.154. The lowest BCUT2D eigenvalue weighted by Gasteiger charge is -2.18. The Morgan fingerprint density at radius 1 is 1.06 bits per heavy atom. The van der Waals surface area contributed by atoms with Gasteiger partial charge in [0.25, 0.3) is 0 Å². The minimum Gasteiger partial charge on any atom is -0.460 e. The lowest BCUT2D eigenvalue weighted by molar-refractivity contribution is -0.276. The summed E-state index contributed by atoms with van der Waals surface area (Å²) in [5, 5.41) is -1.91. The smallest absolute Gasteiger partial charge is 0.460 e. The van der Waals surface area contributed by atoms with Crippen LogP contribution in [0.4, 0.5) is 48.3 Å². The monoisotopic (exact) mass is 520 g/mol. The topological polar surface area (TPSA) is 35.5 Å². The Morgan fingerprint density at radius 3 is 2.09 bits per heavy atom.